The summed E-state index contributed by atoms with van der Waals surface area (Å²) in [5, 5.41) is 4.47. The molecule has 3 atom stereocenters. The lowest BCUT2D eigenvalue weighted by Gasteiger charge is -2.16. The number of halogens is 1. The average Bonchev–Trinajstić information content (AvgIpc) is 2.71. The van der Waals surface area contributed by atoms with Gasteiger partial charge in [0.05, 0.1) is 0 Å². The molecule has 1 saturated carbocycles. The first kappa shape index (κ1) is 9.72. The predicted octanol–water partition coefficient (Wildman–Crippen LogP) is 4.10. The van der Waals surface area contributed by atoms with Crippen LogP contribution >= 0.6 is 27.3 Å². The average molecular weight is 259 g/mol. The van der Waals surface area contributed by atoms with Crippen LogP contribution in [0, 0.1) is 11.8 Å². The standard InChI is InChI=1S/C11H15BrS/c1-8-10(2-3-11(8)12)6-9-4-5-13-7-9/h4-5,7-8,10-11H,2-3,6H2,1H3. The molecule has 0 spiro atoms. The Morgan fingerprint density at radius 2 is 2.38 bits per heavy atom. The molecule has 13 heavy (non-hydrogen) atoms. The Bertz CT molecular complexity index is 255. The molecule has 3 unspecified atom stereocenters. The summed E-state index contributed by atoms with van der Waals surface area (Å²) in [6.45, 7) is 2.38. The van der Waals surface area contributed by atoms with E-state index in [0.717, 1.165) is 16.7 Å². The van der Waals surface area contributed by atoms with Gasteiger partial charge in [-0.3, -0.25) is 0 Å². The molecule has 1 heterocycles. The van der Waals surface area contributed by atoms with Crippen LogP contribution in [0.2, 0.25) is 0 Å². The fourth-order valence-electron chi connectivity index (χ4n) is 2.19. The van der Waals surface area contributed by atoms with Gasteiger partial charge in [-0.15, -0.1) is 0 Å². The first-order chi connectivity index (χ1) is 6.27. The molecule has 0 N–H and O–H groups in total. The van der Waals surface area contributed by atoms with Crippen LogP contribution in [-0.2, 0) is 6.42 Å². The van der Waals surface area contributed by atoms with Crippen molar-refractivity contribution in [1.82, 2.24) is 0 Å². The highest BCUT2D eigenvalue weighted by molar-refractivity contribution is 9.09. The highest BCUT2D eigenvalue weighted by Crippen LogP contribution is 2.38. The molecule has 1 aliphatic rings. The van der Waals surface area contributed by atoms with Gasteiger partial charge in [0.2, 0.25) is 0 Å². The largest absolute Gasteiger partial charge is 0.152 e. The topological polar surface area (TPSA) is 0 Å². The maximum atomic E-state index is 3.75. The van der Waals surface area contributed by atoms with Crippen LogP contribution in [0.3, 0.4) is 0 Å². The first-order valence-corrected chi connectivity index (χ1v) is 6.78. The van der Waals surface area contributed by atoms with Crippen LogP contribution in [0.1, 0.15) is 25.3 Å². The second-order valence-electron chi connectivity index (χ2n) is 4.05. The molecule has 0 saturated heterocycles. The van der Waals surface area contributed by atoms with Crippen molar-refractivity contribution < 1.29 is 0 Å². The second kappa shape index (κ2) is 4.14. The zero-order valence-electron chi connectivity index (χ0n) is 7.87. The minimum absolute atomic E-state index is 0.760. The molecule has 0 aliphatic heterocycles. The maximum Gasteiger partial charge on any atom is 0.0174 e. The summed E-state index contributed by atoms with van der Waals surface area (Å²) in [7, 11) is 0. The smallest absolute Gasteiger partial charge is 0.0174 e. The Morgan fingerprint density at radius 3 is 2.92 bits per heavy atom. The van der Waals surface area contributed by atoms with Crippen molar-refractivity contribution in [1.29, 1.82) is 0 Å². The highest BCUT2D eigenvalue weighted by atomic mass is 79.9. The lowest BCUT2D eigenvalue weighted by Crippen LogP contribution is -2.12. The normalized spacial score (nSPS) is 33.8. The van der Waals surface area contributed by atoms with Gasteiger partial charge in [-0.1, -0.05) is 22.9 Å². The summed E-state index contributed by atoms with van der Waals surface area (Å²) in [6.07, 6.45) is 4.04. The van der Waals surface area contributed by atoms with Crippen molar-refractivity contribution in [2.24, 2.45) is 11.8 Å². The Labute approximate surface area is 92.5 Å². The van der Waals surface area contributed by atoms with E-state index in [9.17, 15) is 0 Å². The number of alkyl halides is 1. The van der Waals surface area contributed by atoms with Gasteiger partial charge in [-0.05, 0) is 53.5 Å². The number of hydrogen-bond acceptors (Lipinski definition) is 1. The fourth-order valence-corrected chi connectivity index (χ4v) is 3.57. The van der Waals surface area contributed by atoms with Gasteiger partial charge in [-0.25, -0.2) is 0 Å². The molecule has 1 aromatic heterocycles. The van der Waals surface area contributed by atoms with E-state index >= 15 is 0 Å². The lowest BCUT2D eigenvalue weighted by molar-refractivity contribution is 0.424. The molecule has 2 heteroatoms. The molecule has 0 radical (unpaired) electrons. The van der Waals surface area contributed by atoms with Crippen LogP contribution < -0.4 is 0 Å². The van der Waals surface area contributed by atoms with Gasteiger partial charge in [0.15, 0.2) is 0 Å². The van der Waals surface area contributed by atoms with Gasteiger partial charge < -0.3 is 0 Å². The van der Waals surface area contributed by atoms with Crippen molar-refractivity contribution in [2.45, 2.75) is 31.0 Å². The molecule has 2 rings (SSSR count). The molecule has 72 valence electrons. The van der Waals surface area contributed by atoms with Gasteiger partial charge in [-0.2, -0.15) is 11.3 Å². The van der Waals surface area contributed by atoms with Crippen molar-refractivity contribution in [3.63, 3.8) is 0 Å². The minimum atomic E-state index is 0.760. The van der Waals surface area contributed by atoms with Gasteiger partial charge in [0.25, 0.3) is 0 Å². The quantitative estimate of drug-likeness (QED) is 0.701. The van der Waals surface area contributed by atoms with E-state index in [1.54, 1.807) is 0 Å². The van der Waals surface area contributed by atoms with Crippen LogP contribution in [0.5, 0.6) is 0 Å². The molecule has 1 fully saturated rings. The maximum absolute atomic E-state index is 3.75. The molecule has 1 aromatic rings. The molecular weight excluding hydrogens is 244 g/mol. The molecule has 0 amide bonds. The molecule has 1 aliphatic carbocycles. The van der Waals surface area contributed by atoms with Gasteiger partial charge >= 0.3 is 0 Å². The Balaban J connectivity index is 1.96. The number of hydrogen-bond donors (Lipinski definition) is 0. The van der Waals surface area contributed by atoms with Crippen molar-refractivity contribution in [3.8, 4) is 0 Å². The van der Waals surface area contributed by atoms with Crippen molar-refractivity contribution in [2.75, 3.05) is 0 Å². The van der Waals surface area contributed by atoms with E-state index < -0.39 is 0 Å². The first-order valence-electron chi connectivity index (χ1n) is 4.92. The summed E-state index contributed by atoms with van der Waals surface area (Å²) < 4.78 is 0. The minimum Gasteiger partial charge on any atom is -0.152 e. The molecular formula is C11H15BrS. The monoisotopic (exact) mass is 258 g/mol. The van der Waals surface area contributed by atoms with E-state index in [1.165, 1.54) is 24.8 Å². The third-order valence-electron chi connectivity index (χ3n) is 3.21. The van der Waals surface area contributed by atoms with E-state index in [4.69, 9.17) is 0 Å². The van der Waals surface area contributed by atoms with Crippen molar-refractivity contribution in [3.05, 3.63) is 22.4 Å². The summed E-state index contributed by atoms with van der Waals surface area (Å²) in [4.78, 5) is 0.760. The zero-order valence-corrected chi connectivity index (χ0v) is 10.3. The van der Waals surface area contributed by atoms with Gasteiger partial charge in [0, 0.05) is 4.83 Å². The van der Waals surface area contributed by atoms with Crippen LogP contribution in [-0.4, -0.2) is 4.83 Å². The Kier molecular flexibility index (Phi) is 3.10. The third-order valence-corrected chi connectivity index (χ3v) is 5.23. The summed E-state index contributed by atoms with van der Waals surface area (Å²) >= 11 is 5.56. The Morgan fingerprint density at radius 1 is 1.54 bits per heavy atom. The predicted molar refractivity (Wildman–Crippen MR) is 62.6 cm³/mol. The Hall–Kier alpha value is 0.180. The summed E-state index contributed by atoms with van der Waals surface area (Å²) in [5.74, 6) is 1.75. The number of thiophene rings is 1. The molecule has 0 aromatic carbocycles. The third kappa shape index (κ3) is 2.16. The zero-order chi connectivity index (χ0) is 9.26. The molecule has 0 nitrogen and oxygen atoms in total. The van der Waals surface area contributed by atoms with E-state index in [-0.39, 0.29) is 0 Å². The molecule has 0 bridgehead atoms. The second-order valence-corrected chi connectivity index (χ2v) is 6.00. The highest BCUT2D eigenvalue weighted by Gasteiger charge is 2.30. The van der Waals surface area contributed by atoms with E-state index in [0.29, 0.717) is 0 Å². The van der Waals surface area contributed by atoms with Gasteiger partial charge in [0.1, 0.15) is 0 Å². The summed E-state index contributed by atoms with van der Waals surface area (Å²) in [6, 6.07) is 2.26. The van der Waals surface area contributed by atoms with Crippen LogP contribution in [0.25, 0.3) is 0 Å². The van der Waals surface area contributed by atoms with E-state index in [1.807, 2.05) is 11.3 Å². The van der Waals surface area contributed by atoms with Crippen molar-refractivity contribution >= 4 is 27.3 Å². The SMILES string of the molecule is CC1C(Br)CCC1Cc1ccsc1. The lowest BCUT2D eigenvalue weighted by atomic mass is 9.92. The number of rotatable bonds is 2. The summed E-state index contributed by atoms with van der Waals surface area (Å²) in [5.41, 5.74) is 1.53. The van der Waals surface area contributed by atoms with E-state index in [2.05, 4.69) is 39.7 Å². The van der Waals surface area contributed by atoms with Crippen LogP contribution in [0.15, 0.2) is 16.8 Å². The van der Waals surface area contributed by atoms with Crippen LogP contribution in [0.4, 0.5) is 0 Å². The fraction of sp³-hybridized carbons (Fsp3) is 0.636.